The third kappa shape index (κ3) is 16.0. The number of aryl methyl sites for hydroxylation is 2. The minimum Gasteiger partial charge on any atom is -1.00 e. The molecule has 7 heteroatoms. The van der Waals surface area contributed by atoms with Crippen LogP contribution in [-0.2, 0) is 16.1 Å². The van der Waals surface area contributed by atoms with Crippen LogP contribution in [0.3, 0.4) is 0 Å². The van der Waals surface area contributed by atoms with Crippen LogP contribution < -0.4 is 29.6 Å². The average molecular weight is 818 g/mol. The van der Waals surface area contributed by atoms with Gasteiger partial charge in [-0.25, -0.2) is 0 Å². The number of hydrogen-bond acceptors (Lipinski definition) is 4. The molecule has 4 nitrogen and oxygen atoms in total. The summed E-state index contributed by atoms with van der Waals surface area (Å²) in [6.45, 7) is 17.6. The van der Waals surface area contributed by atoms with Crippen LogP contribution >= 0.6 is 0 Å². The monoisotopic (exact) mass is 816 g/mol. The molecule has 0 bridgehead atoms. The molecule has 2 aliphatic rings. The van der Waals surface area contributed by atoms with E-state index in [0.29, 0.717) is 18.4 Å². The predicted octanol–water partition coefficient (Wildman–Crippen LogP) is 4.26. The molecule has 2 fully saturated rings. The second-order valence-electron chi connectivity index (χ2n) is 12.0. The number of halogens is 2. The van der Waals surface area contributed by atoms with Crippen molar-refractivity contribution in [1.82, 2.24) is 0 Å². The van der Waals surface area contributed by atoms with Crippen LogP contribution in [0.2, 0.25) is 0 Å². The van der Waals surface area contributed by atoms with E-state index in [1.54, 1.807) is 0 Å². The number of rotatable bonds is 7. The first-order chi connectivity index (χ1) is 20.4. The Hall–Kier alpha value is -1.14. The fourth-order valence-corrected chi connectivity index (χ4v) is 5.12. The van der Waals surface area contributed by atoms with Gasteiger partial charge in [0.15, 0.2) is 0 Å². The van der Waals surface area contributed by atoms with Gasteiger partial charge >= 0.3 is 0 Å². The van der Waals surface area contributed by atoms with Crippen molar-refractivity contribution in [2.24, 2.45) is 4.99 Å². The molecular formula is C38H53Cl2LuNO3-2. The van der Waals surface area contributed by atoms with E-state index in [2.05, 4.69) is 102 Å². The first-order valence-corrected chi connectivity index (χ1v) is 16.0. The number of aliphatic imine (C=N–C) groups is 1. The van der Waals surface area contributed by atoms with Crippen molar-refractivity contribution < 1.29 is 75.9 Å². The van der Waals surface area contributed by atoms with Crippen molar-refractivity contribution in [2.45, 2.75) is 98.5 Å². The standard InChI is InChI=1S/C28H33NO.2C5H10O.2ClH.Lu/c1-19(2)25-14-9-15-26(20(3)4)27(25)29-17-23-12-8-13-24(16-23)18-30-28-21(5)10-7-11-22(28)6;2*1-2-4-6-5-3-1;;;/h7-17,19-20H,18H2,1-6H3;2*1-5H2;2*1H;/p-2. The normalized spacial score (nSPS) is 14.1. The number of ether oxygens (including phenoxy) is 3. The van der Waals surface area contributed by atoms with Gasteiger partial charge in [0.2, 0.25) is 0 Å². The van der Waals surface area contributed by atoms with Crippen molar-refractivity contribution in [2.75, 3.05) is 26.4 Å². The Bertz CT molecular complexity index is 1160. The Kier molecular flexibility index (Phi) is 24.3. The van der Waals surface area contributed by atoms with Crippen molar-refractivity contribution >= 4 is 11.9 Å². The van der Waals surface area contributed by atoms with Crippen LogP contribution in [0.1, 0.15) is 111 Å². The Balaban J connectivity index is 0.00000107. The molecule has 0 spiro atoms. The second-order valence-corrected chi connectivity index (χ2v) is 12.0. The van der Waals surface area contributed by atoms with Crippen molar-refractivity contribution in [3.05, 3.63) is 94.0 Å². The largest absolute Gasteiger partial charge is 1.00 e. The van der Waals surface area contributed by atoms with E-state index in [1.165, 1.54) is 60.8 Å². The van der Waals surface area contributed by atoms with E-state index in [-0.39, 0.29) is 61.7 Å². The summed E-state index contributed by atoms with van der Waals surface area (Å²) in [5, 5.41) is 0. The fraction of sp³-hybridized carbons (Fsp3) is 0.500. The van der Waals surface area contributed by atoms with Crippen LogP contribution in [0.15, 0.2) is 65.7 Å². The topological polar surface area (TPSA) is 40.0 Å². The Labute approximate surface area is 315 Å². The van der Waals surface area contributed by atoms with E-state index >= 15 is 0 Å². The molecule has 0 atom stereocenters. The van der Waals surface area contributed by atoms with Crippen molar-refractivity contribution in [3.8, 4) is 5.75 Å². The maximum absolute atomic E-state index is 6.13. The summed E-state index contributed by atoms with van der Waals surface area (Å²) in [5.74, 6) is 1.85. The molecule has 3 aromatic rings. The molecule has 1 radical (unpaired) electrons. The zero-order chi connectivity index (χ0) is 30.2. The molecule has 2 aliphatic heterocycles. The Morgan fingerprint density at radius 1 is 0.689 bits per heavy atom. The van der Waals surface area contributed by atoms with Gasteiger partial charge in [-0.15, -0.1) is 0 Å². The fourth-order valence-electron chi connectivity index (χ4n) is 5.12. The quantitative estimate of drug-likeness (QED) is 0.335. The van der Waals surface area contributed by atoms with E-state index < -0.39 is 0 Å². The van der Waals surface area contributed by atoms with Crippen molar-refractivity contribution in [3.63, 3.8) is 0 Å². The van der Waals surface area contributed by atoms with Crippen LogP contribution in [-0.4, -0.2) is 32.6 Å². The van der Waals surface area contributed by atoms with Crippen molar-refractivity contribution in [1.29, 1.82) is 0 Å². The molecule has 45 heavy (non-hydrogen) atoms. The number of benzene rings is 3. The molecule has 5 rings (SSSR count). The SMILES string of the molecule is C1CCOCC1.C1CCOCC1.Cc1cccc(C)c1OCc1cccc(C=Nc2c(C(C)C)cccc2C(C)C)c1.[Cl-].[Cl-].[Lu]. The summed E-state index contributed by atoms with van der Waals surface area (Å²) in [6.07, 6.45) is 9.84. The van der Waals surface area contributed by atoms with Gasteiger partial charge in [-0.2, -0.15) is 0 Å². The number of nitrogens with zero attached hydrogens (tertiary/aromatic N) is 1. The summed E-state index contributed by atoms with van der Waals surface area (Å²) < 4.78 is 16.3. The molecule has 0 amide bonds. The third-order valence-electron chi connectivity index (χ3n) is 7.58. The molecule has 0 unspecified atom stereocenters. The smallest absolute Gasteiger partial charge is 0.125 e. The molecule has 0 N–H and O–H groups in total. The number of hydrogen-bond donors (Lipinski definition) is 0. The van der Waals surface area contributed by atoms with E-state index in [4.69, 9.17) is 19.2 Å². The van der Waals surface area contributed by atoms with E-state index in [1.807, 2.05) is 6.21 Å². The Morgan fingerprint density at radius 2 is 1.16 bits per heavy atom. The first kappa shape index (κ1) is 43.9. The molecule has 0 aliphatic carbocycles. The summed E-state index contributed by atoms with van der Waals surface area (Å²) in [5.41, 5.74) is 8.27. The summed E-state index contributed by atoms with van der Waals surface area (Å²) in [7, 11) is 0. The van der Waals surface area contributed by atoms with Gasteiger partial charge in [0.1, 0.15) is 12.4 Å². The minimum atomic E-state index is 0. The zero-order valence-corrected chi connectivity index (χ0v) is 31.1. The predicted molar refractivity (Wildman–Crippen MR) is 178 cm³/mol. The van der Waals surface area contributed by atoms with Gasteiger partial charge in [0, 0.05) is 69.5 Å². The van der Waals surface area contributed by atoms with Gasteiger partial charge in [-0.05, 0) is 104 Å². The first-order valence-electron chi connectivity index (χ1n) is 16.0. The molecule has 2 heterocycles. The van der Waals surface area contributed by atoms with Crippen LogP contribution in [0.5, 0.6) is 5.75 Å². The number of para-hydroxylation sites is 2. The zero-order valence-electron chi connectivity index (χ0n) is 28.0. The molecule has 0 aromatic heterocycles. The third-order valence-corrected chi connectivity index (χ3v) is 7.58. The maximum Gasteiger partial charge on any atom is 0.125 e. The summed E-state index contributed by atoms with van der Waals surface area (Å²) in [6, 6.07) is 21.2. The van der Waals surface area contributed by atoms with Gasteiger partial charge < -0.3 is 39.0 Å². The summed E-state index contributed by atoms with van der Waals surface area (Å²) >= 11 is 0. The Morgan fingerprint density at radius 3 is 1.58 bits per heavy atom. The maximum atomic E-state index is 6.13. The van der Waals surface area contributed by atoms with E-state index in [0.717, 1.165) is 49.0 Å². The van der Waals surface area contributed by atoms with Crippen LogP contribution in [0.4, 0.5) is 5.69 Å². The summed E-state index contributed by atoms with van der Waals surface area (Å²) in [4.78, 5) is 4.94. The molecule has 2 saturated heterocycles. The van der Waals surface area contributed by atoms with Crippen LogP contribution in [0, 0.1) is 50.7 Å². The molecule has 259 valence electrons. The second kappa shape index (κ2) is 25.0. The molecular weight excluding hydrogens is 764 g/mol. The average Bonchev–Trinajstić information content (AvgIpc) is 3.02. The molecule has 3 aromatic carbocycles. The van der Waals surface area contributed by atoms with Gasteiger partial charge in [-0.1, -0.05) is 82.3 Å². The minimum absolute atomic E-state index is 0. The molecule has 0 saturated carbocycles. The van der Waals surface area contributed by atoms with Crippen LogP contribution in [0.25, 0.3) is 0 Å². The van der Waals surface area contributed by atoms with Gasteiger partial charge in [0.25, 0.3) is 0 Å². The van der Waals surface area contributed by atoms with E-state index in [9.17, 15) is 0 Å². The van der Waals surface area contributed by atoms with Gasteiger partial charge in [0.05, 0.1) is 5.69 Å². The van der Waals surface area contributed by atoms with Gasteiger partial charge in [-0.3, -0.25) is 4.99 Å².